The number of rotatable bonds is 25. The van der Waals surface area contributed by atoms with E-state index in [1.54, 1.807) is 0 Å². The van der Waals surface area contributed by atoms with Crippen LogP contribution in [-0.2, 0) is 66.3 Å². The molecule has 450 valence electrons. The van der Waals surface area contributed by atoms with E-state index < -0.39 is 262 Å². The predicted molar refractivity (Wildman–Crippen MR) is 231 cm³/mol. The molecule has 0 aromatic heterocycles. The molecule has 0 bridgehead atoms. The normalized spacial score (nSPS) is 49.7. The fourth-order valence-corrected chi connectivity index (χ4v) is 9.50. The molecule has 7 saturated heterocycles. The topological polar surface area (TPSA) is 554 Å². The second kappa shape index (κ2) is 27.8. The molecule has 35 heteroatoms. The summed E-state index contributed by atoms with van der Waals surface area (Å²) in [6, 6.07) is 0. The van der Waals surface area contributed by atoms with E-state index in [0.717, 1.165) is 0 Å². The van der Waals surface area contributed by atoms with Gasteiger partial charge in [0.05, 0.1) is 59.5 Å². The lowest BCUT2D eigenvalue weighted by Crippen LogP contribution is -2.64. The summed E-state index contributed by atoms with van der Waals surface area (Å²) in [5, 5.41) is 218. The maximum Gasteiger partial charge on any atom is 0.187 e. The van der Waals surface area contributed by atoms with E-state index in [4.69, 9.17) is 66.3 Å². The van der Waals surface area contributed by atoms with E-state index >= 15 is 0 Å². The molecule has 7 fully saturated rings. The highest BCUT2D eigenvalue weighted by atomic mass is 16.8. The maximum absolute atomic E-state index is 11.5. The summed E-state index contributed by atoms with van der Waals surface area (Å²) in [5.41, 5.74) is 0. The summed E-state index contributed by atoms with van der Waals surface area (Å²) in [5.74, 6) is 0. The Morgan fingerprint density at radius 2 is 0.623 bits per heavy atom. The van der Waals surface area contributed by atoms with Crippen LogP contribution in [0.15, 0.2) is 0 Å². The smallest absolute Gasteiger partial charge is 0.187 e. The highest BCUT2D eigenvalue weighted by Gasteiger charge is 2.57. The molecule has 7 aliphatic heterocycles. The van der Waals surface area contributed by atoms with Crippen molar-refractivity contribution >= 4 is 0 Å². The first-order chi connectivity index (χ1) is 36.6. The van der Waals surface area contributed by atoms with Crippen molar-refractivity contribution < 1.29 is 174 Å². The average molecular weight is 1140 g/mol. The first-order valence-corrected chi connectivity index (χ1v) is 24.5. The Balaban J connectivity index is 1.03. The van der Waals surface area contributed by atoms with Crippen LogP contribution in [0.1, 0.15) is 0 Å². The zero-order chi connectivity index (χ0) is 56.3. The van der Waals surface area contributed by atoms with Gasteiger partial charge in [-0.15, -0.1) is 0 Å². The largest absolute Gasteiger partial charge is 0.394 e. The third-order valence-corrected chi connectivity index (χ3v) is 14.2. The molecule has 7 heterocycles. The minimum atomic E-state index is -1.99. The molecule has 77 heavy (non-hydrogen) atoms. The standard InChI is InChI=1S/C42H72O35/c43-1-10(49)19(51)11(50)7-64-36-31(63)32(74-42-34(25(57)16(6-48)71-42)76-37-28(60)22(54)14(4-46)68-37)18(73-36)9-66-40-33(24(56)15(5-47)70-40)75-38-29(61)23(55)17(72-38)8-65-41-35(27(59)21(53)13(3-45)69-41)77-39-30(62)26(58)20(52)12(2-44)67-39/h10-63H,1-9H2/t10-,11-,12-,13-,14-,15-,16-,17-,18-,19+,20-,21-,22-,23-,24-,25-,26+,27+,28+,29+,30+,31+,32-,33+,34+,35+,36+,37+,38+,39-,40+,41+,42-/m1/s1. The Morgan fingerprint density at radius 1 is 0.286 bits per heavy atom. The molecular formula is C42H72O35. The molecule has 35 nitrogen and oxygen atoms in total. The molecular weight excluding hydrogens is 1060 g/mol. The second-order valence-electron chi connectivity index (χ2n) is 19.3. The van der Waals surface area contributed by atoms with Gasteiger partial charge in [0.2, 0.25) is 0 Å². The lowest BCUT2D eigenvalue weighted by molar-refractivity contribution is -0.369. The molecule has 21 N–H and O–H groups in total. The summed E-state index contributed by atoms with van der Waals surface area (Å²) >= 11 is 0. The van der Waals surface area contributed by atoms with E-state index in [9.17, 15) is 107 Å². The lowest BCUT2D eigenvalue weighted by Gasteiger charge is -2.46. The van der Waals surface area contributed by atoms with Crippen LogP contribution in [0, 0.1) is 0 Å². The van der Waals surface area contributed by atoms with Crippen LogP contribution >= 0.6 is 0 Å². The molecule has 0 amide bonds. The monoisotopic (exact) mass is 1140 g/mol. The zero-order valence-electron chi connectivity index (χ0n) is 40.5. The third kappa shape index (κ3) is 13.7. The summed E-state index contributed by atoms with van der Waals surface area (Å²) in [4.78, 5) is 0. The van der Waals surface area contributed by atoms with Gasteiger partial charge >= 0.3 is 0 Å². The molecule has 7 rings (SSSR count). The SMILES string of the molecule is OC[C@@H](O)[C@H](O)[C@H](O)CO[C@H]1O[C@H](CO[C@H]2O[C@H](CO)[C@@H](O)[C@@H]2O[C@@H]2O[C@H](CO[C@H]3O[C@H](CO)[C@@H](O)[C@H](O)[C@@H]3O[C@H]3O[C@H](CO)[C@@H](O)[C@H](O)[C@@H]3O)[C@@H](O)[C@@H]2O)[C@@H](O[C@H]2O[C@H](CO)[C@@H](O)[C@@H]2O[C@@H]2O[C@H](CO)[C@@H](O)[C@@H]2O)[C@@H]1O. The van der Waals surface area contributed by atoms with Crippen LogP contribution < -0.4 is 0 Å². The molecule has 0 aromatic carbocycles. The molecule has 0 radical (unpaired) electrons. The van der Waals surface area contributed by atoms with Gasteiger partial charge in [0.25, 0.3) is 0 Å². The van der Waals surface area contributed by atoms with Gasteiger partial charge in [0.15, 0.2) is 44.0 Å². The van der Waals surface area contributed by atoms with Gasteiger partial charge in [-0.2, -0.15) is 0 Å². The third-order valence-electron chi connectivity index (χ3n) is 14.2. The highest BCUT2D eigenvalue weighted by Crippen LogP contribution is 2.37. The Kier molecular flexibility index (Phi) is 22.8. The Labute approximate surface area is 435 Å². The fraction of sp³-hybridized carbons (Fsp3) is 1.00. The molecule has 0 saturated carbocycles. The number of hydrogen-bond donors (Lipinski definition) is 21. The second-order valence-corrected chi connectivity index (χ2v) is 19.3. The zero-order valence-corrected chi connectivity index (χ0v) is 40.5. The fourth-order valence-electron chi connectivity index (χ4n) is 9.50. The van der Waals surface area contributed by atoms with Crippen molar-refractivity contribution in [1.82, 2.24) is 0 Å². The van der Waals surface area contributed by atoms with Crippen molar-refractivity contribution in [2.45, 2.75) is 203 Å². The minimum absolute atomic E-state index is 0.750. The van der Waals surface area contributed by atoms with E-state index in [1.165, 1.54) is 0 Å². The van der Waals surface area contributed by atoms with E-state index in [2.05, 4.69) is 0 Å². The molecule has 0 spiro atoms. The number of aliphatic hydroxyl groups is 21. The van der Waals surface area contributed by atoms with Crippen molar-refractivity contribution in [3.05, 3.63) is 0 Å². The molecule has 0 aliphatic carbocycles. The van der Waals surface area contributed by atoms with Crippen molar-refractivity contribution in [2.75, 3.05) is 59.5 Å². The van der Waals surface area contributed by atoms with Gasteiger partial charge in [-0.25, -0.2) is 0 Å². The summed E-state index contributed by atoms with van der Waals surface area (Å²) in [6.45, 7) is -7.52. The van der Waals surface area contributed by atoms with Crippen LogP contribution in [0.25, 0.3) is 0 Å². The van der Waals surface area contributed by atoms with Crippen LogP contribution in [0.2, 0.25) is 0 Å². The van der Waals surface area contributed by atoms with Crippen LogP contribution in [-0.4, -0.2) is 369 Å². The number of hydrogen-bond acceptors (Lipinski definition) is 35. The summed E-state index contributed by atoms with van der Waals surface area (Å²) < 4.78 is 79.6. The van der Waals surface area contributed by atoms with Crippen LogP contribution in [0.4, 0.5) is 0 Å². The van der Waals surface area contributed by atoms with Gasteiger partial charge in [0.1, 0.15) is 159 Å². The van der Waals surface area contributed by atoms with Crippen molar-refractivity contribution in [3.63, 3.8) is 0 Å². The van der Waals surface area contributed by atoms with Gasteiger partial charge in [0, 0.05) is 0 Å². The molecule has 7 aliphatic rings. The van der Waals surface area contributed by atoms with E-state index in [0.29, 0.717) is 0 Å². The molecule has 33 atom stereocenters. The Bertz CT molecular complexity index is 1770. The average Bonchev–Trinajstić information content (AvgIpc) is 4.17. The first kappa shape index (κ1) is 63.2. The lowest BCUT2D eigenvalue weighted by atomic mass is 9.97. The number of aliphatic hydroxyl groups excluding tert-OH is 21. The van der Waals surface area contributed by atoms with Gasteiger partial charge in [-0.05, 0) is 0 Å². The van der Waals surface area contributed by atoms with Gasteiger partial charge in [-0.3, -0.25) is 0 Å². The molecule has 0 unspecified atom stereocenters. The van der Waals surface area contributed by atoms with E-state index in [-0.39, 0.29) is 0 Å². The minimum Gasteiger partial charge on any atom is -0.394 e. The Morgan fingerprint density at radius 3 is 1.10 bits per heavy atom. The Hall–Kier alpha value is -1.40. The quantitative estimate of drug-likeness (QED) is 0.0404. The van der Waals surface area contributed by atoms with Crippen molar-refractivity contribution in [3.8, 4) is 0 Å². The van der Waals surface area contributed by atoms with E-state index in [1.807, 2.05) is 0 Å². The van der Waals surface area contributed by atoms with Crippen molar-refractivity contribution in [1.29, 1.82) is 0 Å². The summed E-state index contributed by atoms with van der Waals surface area (Å²) in [7, 11) is 0. The molecule has 0 aromatic rings. The summed E-state index contributed by atoms with van der Waals surface area (Å²) in [6.07, 6.45) is -57.8. The highest BCUT2D eigenvalue weighted by molar-refractivity contribution is 4.98. The first-order valence-electron chi connectivity index (χ1n) is 24.5. The predicted octanol–water partition coefficient (Wildman–Crippen LogP) is -15.0. The maximum atomic E-state index is 11.5. The van der Waals surface area contributed by atoms with Crippen LogP contribution in [0.3, 0.4) is 0 Å². The number of ether oxygens (including phenoxy) is 14. The van der Waals surface area contributed by atoms with Crippen molar-refractivity contribution in [2.24, 2.45) is 0 Å². The van der Waals surface area contributed by atoms with Gasteiger partial charge < -0.3 is 174 Å². The van der Waals surface area contributed by atoms with Gasteiger partial charge in [-0.1, -0.05) is 0 Å². The van der Waals surface area contributed by atoms with Crippen LogP contribution in [0.5, 0.6) is 0 Å².